The van der Waals surface area contributed by atoms with Crippen LogP contribution in [-0.2, 0) is 4.74 Å². The van der Waals surface area contributed by atoms with Crippen LogP contribution in [0.4, 0.5) is 11.5 Å². The molecule has 1 aromatic heterocycles. The molecule has 0 spiro atoms. The number of rotatable bonds is 2. The van der Waals surface area contributed by atoms with Gasteiger partial charge in [0.2, 0.25) is 0 Å². The van der Waals surface area contributed by atoms with Gasteiger partial charge in [0.1, 0.15) is 5.82 Å². The molecule has 0 saturated carbocycles. The zero-order valence-corrected chi connectivity index (χ0v) is 9.59. The monoisotopic (exact) mass is 237 g/mol. The third kappa shape index (κ3) is 2.47. The minimum absolute atomic E-state index is 0.0918. The number of nitrogen functional groups attached to an aromatic ring is 1. The van der Waals surface area contributed by atoms with Crippen LogP contribution in [0.2, 0.25) is 0 Å². The second-order valence-electron chi connectivity index (χ2n) is 4.06. The molecule has 2 heterocycles. The van der Waals surface area contributed by atoms with Crippen molar-refractivity contribution in [3.05, 3.63) is 17.8 Å². The highest BCUT2D eigenvalue weighted by atomic mass is 16.5. The third-order valence-corrected chi connectivity index (χ3v) is 2.72. The fraction of sp³-hybridized carbons (Fsp3) is 0.455. The molecule has 0 radical (unpaired) electrons. The van der Waals surface area contributed by atoms with Gasteiger partial charge in [-0.1, -0.05) is 0 Å². The van der Waals surface area contributed by atoms with Gasteiger partial charge in [0.15, 0.2) is 0 Å². The molecular weight excluding hydrogens is 222 g/mol. The minimum Gasteiger partial charge on any atom is -0.478 e. The van der Waals surface area contributed by atoms with Crippen molar-refractivity contribution in [1.29, 1.82) is 0 Å². The molecule has 1 aromatic rings. The molecule has 1 atom stereocenters. The molecule has 1 unspecified atom stereocenters. The van der Waals surface area contributed by atoms with E-state index in [9.17, 15) is 4.79 Å². The van der Waals surface area contributed by atoms with Crippen molar-refractivity contribution in [2.45, 2.75) is 13.0 Å². The van der Waals surface area contributed by atoms with Gasteiger partial charge in [-0.3, -0.25) is 0 Å². The molecule has 0 amide bonds. The Bertz CT molecular complexity index is 436. The zero-order chi connectivity index (χ0) is 12.4. The van der Waals surface area contributed by atoms with Crippen LogP contribution >= 0.6 is 0 Å². The summed E-state index contributed by atoms with van der Waals surface area (Å²) in [5.74, 6) is -0.404. The Hall–Kier alpha value is -1.82. The number of hydrogen-bond donors (Lipinski definition) is 2. The molecule has 6 heteroatoms. The molecule has 1 fully saturated rings. The summed E-state index contributed by atoms with van der Waals surface area (Å²) in [5.41, 5.74) is 5.84. The Morgan fingerprint density at radius 1 is 1.71 bits per heavy atom. The van der Waals surface area contributed by atoms with Crippen LogP contribution in [0.25, 0.3) is 0 Å². The van der Waals surface area contributed by atoms with E-state index in [1.807, 2.05) is 11.8 Å². The van der Waals surface area contributed by atoms with E-state index in [1.54, 1.807) is 0 Å². The molecule has 2 rings (SSSR count). The van der Waals surface area contributed by atoms with Crippen molar-refractivity contribution < 1.29 is 14.6 Å². The number of nitrogens with zero attached hydrogens (tertiary/aromatic N) is 2. The smallest absolute Gasteiger partial charge is 0.337 e. The third-order valence-electron chi connectivity index (χ3n) is 2.72. The average molecular weight is 237 g/mol. The number of hydrogen-bond acceptors (Lipinski definition) is 5. The lowest BCUT2D eigenvalue weighted by Gasteiger charge is -2.32. The van der Waals surface area contributed by atoms with Crippen LogP contribution in [0.1, 0.15) is 17.3 Å². The highest BCUT2D eigenvalue weighted by molar-refractivity contribution is 5.94. The van der Waals surface area contributed by atoms with Gasteiger partial charge in [-0.2, -0.15) is 0 Å². The van der Waals surface area contributed by atoms with Crippen molar-refractivity contribution in [3.63, 3.8) is 0 Å². The Morgan fingerprint density at radius 3 is 3.12 bits per heavy atom. The van der Waals surface area contributed by atoms with E-state index in [0.29, 0.717) is 25.5 Å². The summed E-state index contributed by atoms with van der Waals surface area (Å²) in [5, 5.41) is 8.99. The fourth-order valence-electron chi connectivity index (χ4n) is 1.84. The van der Waals surface area contributed by atoms with Crippen molar-refractivity contribution in [2.75, 3.05) is 30.3 Å². The molecule has 1 saturated heterocycles. The topological polar surface area (TPSA) is 88.7 Å². The number of aromatic nitrogens is 1. The van der Waals surface area contributed by atoms with E-state index in [4.69, 9.17) is 15.6 Å². The molecule has 1 aliphatic heterocycles. The van der Waals surface area contributed by atoms with Crippen molar-refractivity contribution >= 4 is 17.5 Å². The van der Waals surface area contributed by atoms with Gasteiger partial charge < -0.3 is 20.5 Å². The molecule has 0 aliphatic carbocycles. The Labute approximate surface area is 99.0 Å². The molecule has 3 N–H and O–H groups in total. The van der Waals surface area contributed by atoms with Gasteiger partial charge >= 0.3 is 5.97 Å². The van der Waals surface area contributed by atoms with E-state index in [2.05, 4.69) is 4.98 Å². The maximum Gasteiger partial charge on any atom is 0.337 e. The molecule has 92 valence electrons. The first-order valence-corrected chi connectivity index (χ1v) is 5.43. The van der Waals surface area contributed by atoms with E-state index in [-0.39, 0.29) is 17.4 Å². The number of pyridine rings is 1. The van der Waals surface area contributed by atoms with Gasteiger partial charge in [0, 0.05) is 13.1 Å². The van der Waals surface area contributed by atoms with Crippen LogP contribution in [0, 0.1) is 0 Å². The Balaban J connectivity index is 2.26. The molecule has 6 nitrogen and oxygen atoms in total. The fourth-order valence-corrected chi connectivity index (χ4v) is 1.84. The van der Waals surface area contributed by atoms with Gasteiger partial charge in [0.05, 0.1) is 30.2 Å². The normalized spacial score (nSPS) is 20.3. The summed E-state index contributed by atoms with van der Waals surface area (Å²) in [6, 6.07) is 1.51. The predicted octanol–water partition coefficient (Wildman–Crippen LogP) is 0.587. The van der Waals surface area contributed by atoms with Gasteiger partial charge in [0.25, 0.3) is 0 Å². The molecule has 1 aliphatic rings. The Morgan fingerprint density at radius 2 is 2.47 bits per heavy atom. The molecular formula is C11H15N3O3. The summed E-state index contributed by atoms with van der Waals surface area (Å²) in [4.78, 5) is 17.1. The lowest BCUT2D eigenvalue weighted by molar-refractivity contribution is 0.0529. The minimum atomic E-state index is -1.03. The van der Waals surface area contributed by atoms with E-state index in [1.165, 1.54) is 12.3 Å². The second kappa shape index (κ2) is 4.58. The summed E-state index contributed by atoms with van der Waals surface area (Å²) in [6.45, 7) is 4.01. The van der Waals surface area contributed by atoms with Crippen LogP contribution in [0.5, 0.6) is 0 Å². The van der Waals surface area contributed by atoms with Crippen LogP contribution in [0.15, 0.2) is 12.3 Å². The molecule has 0 bridgehead atoms. The first kappa shape index (κ1) is 11.7. The summed E-state index contributed by atoms with van der Waals surface area (Å²) < 4.78 is 5.42. The van der Waals surface area contributed by atoms with Crippen molar-refractivity contribution in [3.8, 4) is 0 Å². The summed E-state index contributed by atoms with van der Waals surface area (Å²) in [7, 11) is 0. The predicted molar refractivity (Wildman–Crippen MR) is 63.2 cm³/mol. The number of morpholine rings is 1. The van der Waals surface area contributed by atoms with Gasteiger partial charge in [-0.25, -0.2) is 9.78 Å². The number of nitrogens with two attached hydrogens (primary N) is 1. The zero-order valence-electron chi connectivity index (χ0n) is 9.59. The van der Waals surface area contributed by atoms with Crippen molar-refractivity contribution in [2.24, 2.45) is 0 Å². The second-order valence-corrected chi connectivity index (χ2v) is 4.06. The summed E-state index contributed by atoms with van der Waals surface area (Å²) >= 11 is 0. The first-order valence-electron chi connectivity index (χ1n) is 5.43. The number of carboxylic acid groups (broad SMARTS) is 1. The maximum atomic E-state index is 11.0. The highest BCUT2D eigenvalue weighted by Crippen LogP contribution is 2.20. The SMILES string of the molecule is CC1CN(c2cc(C(=O)O)c(N)cn2)CCO1. The standard InChI is InChI=1S/C11H15N3O3/c1-7-6-14(2-3-17-7)10-4-8(11(15)16)9(12)5-13-10/h4-5,7H,2-3,6,12H2,1H3,(H,15,16). The van der Waals surface area contributed by atoms with Crippen LogP contribution in [0.3, 0.4) is 0 Å². The van der Waals surface area contributed by atoms with Gasteiger partial charge in [-0.15, -0.1) is 0 Å². The van der Waals surface area contributed by atoms with Crippen LogP contribution in [-0.4, -0.2) is 41.9 Å². The van der Waals surface area contributed by atoms with Gasteiger partial charge in [-0.05, 0) is 13.0 Å². The first-order chi connectivity index (χ1) is 8.08. The number of carbonyl (C=O) groups is 1. The lowest BCUT2D eigenvalue weighted by atomic mass is 10.2. The number of anilines is 2. The Kier molecular flexibility index (Phi) is 3.14. The lowest BCUT2D eigenvalue weighted by Crippen LogP contribution is -2.41. The average Bonchev–Trinajstić information content (AvgIpc) is 2.29. The van der Waals surface area contributed by atoms with Crippen molar-refractivity contribution in [1.82, 2.24) is 4.98 Å². The largest absolute Gasteiger partial charge is 0.478 e. The molecule has 0 aromatic carbocycles. The quantitative estimate of drug-likeness (QED) is 0.782. The van der Waals surface area contributed by atoms with E-state index < -0.39 is 5.97 Å². The number of ether oxygens (including phenoxy) is 1. The summed E-state index contributed by atoms with van der Waals surface area (Å²) in [6.07, 6.45) is 1.51. The van der Waals surface area contributed by atoms with E-state index >= 15 is 0 Å². The van der Waals surface area contributed by atoms with Crippen LogP contribution < -0.4 is 10.6 Å². The maximum absolute atomic E-state index is 11.0. The molecule has 17 heavy (non-hydrogen) atoms. The number of carboxylic acids is 1. The highest BCUT2D eigenvalue weighted by Gasteiger charge is 2.19. The number of aromatic carboxylic acids is 1. The van der Waals surface area contributed by atoms with E-state index in [0.717, 1.165) is 0 Å².